The summed E-state index contributed by atoms with van der Waals surface area (Å²) in [5, 5.41) is 3.34. The monoisotopic (exact) mass is 610 g/mol. The van der Waals surface area contributed by atoms with E-state index in [1.165, 1.54) is 43.1 Å². The van der Waals surface area contributed by atoms with Gasteiger partial charge in [0.05, 0.1) is 34.2 Å². The van der Waals surface area contributed by atoms with Crippen LogP contribution in [0, 0.1) is 5.82 Å². The van der Waals surface area contributed by atoms with Crippen LogP contribution in [-0.2, 0) is 10.0 Å². The SMILES string of the molecule is CNC(=O)c1c(-n2ccccc2=O)oc2cc(N(C)S(C)(=O)=O)c(-c3ccc4ncn5c6cccc(F)c6cc5c4n3)cc12. The van der Waals surface area contributed by atoms with E-state index in [2.05, 4.69) is 10.3 Å². The lowest BCUT2D eigenvalue weighted by Gasteiger charge is -2.20. The average molecular weight is 611 g/mol. The van der Waals surface area contributed by atoms with Crippen LogP contribution >= 0.6 is 0 Å². The van der Waals surface area contributed by atoms with Crippen molar-refractivity contribution in [1.82, 2.24) is 24.3 Å². The Morgan fingerprint density at radius 2 is 1.84 bits per heavy atom. The number of benzene rings is 2. The van der Waals surface area contributed by atoms with E-state index in [9.17, 15) is 22.4 Å². The number of carbonyl (C=O) groups excluding carboxylic acids is 1. The lowest BCUT2D eigenvalue weighted by Crippen LogP contribution is -2.25. The smallest absolute Gasteiger partial charge is 0.257 e. The van der Waals surface area contributed by atoms with Crippen molar-refractivity contribution in [1.29, 1.82) is 0 Å². The van der Waals surface area contributed by atoms with Crippen molar-refractivity contribution in [2.75, 3.05) is 24.7 Å². The molecule has 1 amide bonds. The van der Waals surface area contributed by atoms with Crippen LogP contribution in [0.1, 0.15) is 10.4 Å². The number of hydrogen-bond acceptors (Lipinski definition) is 7. The zero-order valence-corrected chi connectivity index (χ0v) is 24.4. The highest BCUT2D eigenvalue weighted by Gasteiger charge is 2.27. The minimum Gasteiger partial charge on any atom is -0.439 e. The fraction of sp³-hybridized carbons (Fsp3) is 0.0968. The molecule has 7 rings (SSSR count). The van der Waals surface area contributed by atoms with Crippen LogP contribution < -0.4 is 15.2 Å². The zero-order chi connectivity index (χ0) is 30.9. The topological polar surface area (TPSA) is 132 Å². The van der Waals surface area contributed by atoms with E-state index < -0.39 is 21.5 Å². The van der Waals surface area contributed by atoms with Gasteiger partial charge in [0.2, 0.25) is 15.9 Å². The lowest BCUT2D eigenvalue weighted by atomic mass is 10.0. The molecule has 1 N–H and O–H groups in total. The second kappa shape index (κ2) is 9.74. The molecular weight excluding hydrogens is 587 g/mol. The maximum Gasteiger partial charge on any atom is 0.257 e. The highest BCUT2D eigenvalue weighted by Crippen LogP contribution is 2.39. The molecule has 0 radical (unpaired) electrons. The fourth-order valence-electron chi connectivity index (χ4n) is 5.41. The normalized spacial score (nSPS) is 12.0. The molecule has 0 bridgehead atoms. The van der Waals surface area contributed by atoms with E-state index in [0.29, 0.717) is 44.1 Å². The van der Waals surface area contributed by atoms with Crippen LogP contribution in [0.15, 0.2) is 88.5 Å². The predicted octanol–water partition coefficient (Wildman–Crippen LogP) is 4.49. The number of furan rings is 1. The summed E-state index contributed by atoms with van der Waals surface area (Å²) < 4.78 is 50.3. The molecule has 0 aliphatic heterocycles. The number of rotatable bonds is 5. The first kappa shape index (κ1) is 27.3. The molecule has 5 aromatic heterocycles. The summed E-state index contributed by atoms with van der Waals surface area (Å²) in [5.74, 6) is -0.911. The van der Waals surface area contributed by atoms with Gasteiger partial charge in [-0.25, -0.2) is 22.8 Å². The Balaban J connectivity index is 1.56. The molecule has 5 heterocycles. The summed E-state index contributed by atoms with van der Waals surface area (Å²) in [6, 6.07) is 17.6. The van der Waals surface area contributed by atoms with Gasteiger partial charge < -0.3 is 9.73 Å². The van der Waals surface area contributed by atoms with E-state index in [1.807, 2.05) is 0 Å². The van der Waals surface area contributed by atoms with E-state index in [0.717, 1.165) is 10.6 Å². The molecule has 0 aliphatic rings. The largest absolute Gasteiger partial charge is 0.439 e. The molecule has 13 heteroatoms. The van der Waals surface area contributed by atoms with Gasteiger partial charge in [0.15, 0.2) is 0 Å². The maximum absolute atomic E-state index is 14.7. The number of anilines is 1. The minimum absolute atomic E-state index is 0.0191. The summed E-state index contributed by atoms with van der Waals surface area (Å²) in [6.45, 7) is 0. The molecule has 220 valence electrons. The number of nitrogens with one attached hydrogen (secondary N) is 1. The quantitative estimate of drug-likeness (QED) is 0.304. The lowest BCUT2D eigenvalue weighted by molar-refractivity contribution is 0.0963. The van der Waals surface area contributed by atoms with Gasteiger partial charge in [-0.05, 0) is 42.5 Å². The van der Waals surface area contributed by atoms with Crippen LogP contribution in [0.4, 0.5) is 10.1 Å². The average Bonchev–Trinajstić information content (AvgIpc) is 3.58. The predicted molar refractivity (Wildman–Crippen MR) is 165 cm³/mol. The van der Waals surface area contributed by atoms with Crippen molar-refractivity contribution in [2.45, 2.75) is 0 Å². The van der Waals surface area contributed by atoms with Crippen LogP contribution in [0.2, 0.25) is 0 Å². The molecular formula is C31H23FN6O5S. The maximum atomic E-state index is 14.7. The number of fused-ring (bicyclic) bond motifs is 6. The standard InChI is InChI=1S/C31H23FN6O5S/c1-33-30(40)28-19-13-18(24(36(2)44(3,41)42)15-26(19)43-31(28)37-12-5-4-9-27(37)39)21-10-11-22-29(35-21)25-14-17-20(32)7-6-8-23(17)38(25)16-34-22/h4-16H,1-3H3,(H,33,40). The van der Waals surface area contributed by atoms with Gasteiger partial charge in [-0.2, -0.15) is 0 Å². The number of aromatic nitrogens is 4. The molecule has 2 aromatic carbocycles. The summed E-state index contributed by atoms with van der Waals surface area (Å²) in [4.78, 5) is 35.3. The number of pyridine rings is 2. The summed E-state index contributed by atoms with van der Waals surface area (Å²) >= 11 is 0. The van der Waals surface area contributed by atoms with Gasteiger partial charge in [0.25, 0.3) is 11.5 Å². The Bertz CT molecular complexity index is 2500. The van der Waals surface area contributed by atoms with Gasteiger partial charge >= 0.3 is 0 Å². The Hall–Kier alpha value is -5.56. The van der Waals surface area contributed by atoms with Gasteiger partial charge in [-0.15, -0.1) is 0 Å². The molecule has 0 saturated carbocycles. The van der Waals surface area contributed by atoms with E-state index in [1.54, 1.807) is 59.3 Å². The van der Waals surface area contributed by atoms with Crippen molar-refractivity contribution in [3.05, 3.63) is 101 Å². The molecule has 7 aromatic rings. The first-order valence-corrected chi connectivity index (χ1v) is 15.2. The molecule has 0 unspecified atom stereocenters. The minimum atomic E-state index is -3.77. The molecule has 0 spiro atoms. The molecule has 0 saturated heterocycles. The molecule has 44 heavy (non-hydrogen) atoms. The highest BCUT2D eigenvalue weighted by atomic mass is 32.2. The second-order valence-electron chi connectivity index (χ2n) is 10.2. The van der Waals surface area contributed by atoms with Crippen LogP contribution in [0.3, 0.4) is 0 Å². The molecule has 0 aliphatic carbocycles. The number of hydrogen-bond donors (Lipinski definition) is 1. The highest BCUT2D eigenvalue weighted by molar-refractivity contribution is 7.92. The third kappa shape index (κ3) is 4.12. The fourth-order valence-corrected chi connectivity index (χ4v) is 5.92. The first-order valence-electron chi connectivity index (χ1n) is 13.4. The van der Waals surface area contributed by atoms with E-state index in [4.69, 9.17) is 9.40 Å². The van der Waals surface area contributed by atoms with Crippen LogP contribution in [0.25, 0.3) is 55.6 Å². The number of halogens is 1. The van der Waals surface area contributed by atoms with Gasteiger partial charge in [-0.1, -0.05) is 12.1 Å². The van der Waals surface area contributed by atoms with Crippen molar-refractivity contribution >= 4 is 60.0 Å². The zero-order valence-electron chi connectivity index (χ0n) is 23.6. The van der Waals surface area contributed by atoms with Crippen LogP contribution in [-0.4, -0.2) is 53.6 Å². The van der Waals surface area contributed by atoms with E-state index in [-0.39, 0.29) is 28.5 Å². The molecule has 11 nitrogen and oxygen atoms in total. The van der Waals surface area contributed by atoms with Crippen molar-refractivity contribution in [2.24, 2.45) is 0 Å². The summed E-state index contributed by atoms with van der Waals surface area (Å²) in [5.41, 5.74) is 3.05. The number of nitrogens with zero attached hydrogens (tertiary/aromatic N) is 5. The Kier molecular flexibility index (Phi) is 6.04. The summed E-state index contributed by atoms with van der Waals surface area (Å²) in [6.07, 6.45) is 4.14. The van der Waals surface area contributed by atoms with Crippen molar-refractivity contribution in [3.63, 3.8) is 0 Å². The van der Waals surface area contributed by atoms with Gasteiger partial charge in [0.1, 0.15) is 28.8 Å². The van der Waals surface area contributed by atoms with Crippen LogP contribution in [0.5, 0.6) is 0 Å². The third-order valence-electron chi connectivity index (χ3n) is 7.65. The Labute approximate surface area is 248 Å². The molecule has 0 fully saturated rings. The van der Waals surface area contributed by atoms with Crippen molar-refractivity contribution in [3.8, 4) is 17.1 Å². The molecule has 0 atom stereocenters. The second-order valence-corrected chi connectivity index (χ2v) is 12.3. The Morgan fingerprint density at radius 1 is 1.02 bits per heavy atom. The van der Waals surface area contributed by atoms with Gasteiger partial charge in [0, 0.05) is 48.8 Å². The van der Waals surface area contributed by atoms with Crippen molar-refractivity contribution < 1.29 is 22.0 Å². The summed E-state index contributed by atoms with van der Waals surface area (Å²) in [7, 11) is -0.912. The van der Waals surface area contributed by atoms with Gasteiger partial charge in [-0.3, -0.25) is 22.9 Å². The first-order chi connectivity index (χ1) is 21.1. The number of carbonyl (C=O) groups is 1. The van der Waals surface area contributed by atoms with E-state index >= 15 is 0 Å². The third-order valence-corrected chi connectivity index (χ3v) is 8.85. The Morgan fingerprint density at radius 3 is 2.59 bits per heavy atom. The number of sulfonamides is 1. The number of amides is 1.